The zero-order chi connectivity index (χ0) is 11.4. The third-order valence-corrected chi connectivity index (χ3v) is 2.93. The van der Waals surface area contributed by atoms with Gasteiger partial charge in [-0.1, -0.05) is 25.1 Å². The van der Waals surface area contributed by atoms with Crippen LogP contribution in [0.3, 0.4) is 0 Å². The summed E-state index contributed by atoms with van der Waals surface area (Å²) >= 11 is 0. The van der Waals surface area contributed by atoms with Crippen LogP contribution in [0.5, 0.6) is 0 Å². The molecule has 0 amide bonds. The minimum absolute atomic E-state index is 0.141. The van der Waals surface area contributed by atoms with Gasteiger partial charge in [-0.3, -0.25) is 0 Å². The van der Waals surface area contributed by atoms with Crippen molar-refractivity contribution in [3.05, 3.63) is 29.8 Å². The second-order valence-corrected chi connectivity index (χ2v) is 4.28. The fourth-order valence-electron chi connectivity index (χ4n) is 1.62. The molecule has 1 atom stereocenters. The molecule has 0 heterocycles. The zero-order valence-electron chi connectivity index (χ0n) is 10.2. The van der Waals surface area contributed by atoms with Crippen LogP contribution in [0.1, 0.15) is 38.8 Å². The van der Waals surface area contributed by atoms with Crippen molar-refractivity contribution in [3.63, 3.8) is 0 Å². The fraction of sp³-hybridized carbons (Fsp3) is 0.538. The summed E-state index contributed by atoms with van der Waals surface area (Å²) in [5, 5.41) is 0. The molecule has 84 valence electrons. The molecular formula is C13H22N2. The van der Waals surface area contributed by atoms with Crippen molar-refractivity contribution in [2.75, 3.05) is 11.9 Å². The van der Waals surface area contributed by atoms with E-state index in [1.165, 1.54) is 11.3 Å². The van der Waals surface area contributed by atoms with E-state index in [1.54, 1.807) is 0 Å². The maximum absolute atomic E-state index is 6.11. The third kappa shape index (κ3) is 2.72. The van der Waals surface area contributed by atoms with Gasteiger partial charge in [0, 0.05) is 24.8 Å². The average Bonchev–Trinajstić information content (AvgIpc) is 2.27. The monoisotopic (exact) mass is 206 g/mol. The second kappa shape index (κ2) is 5.17. The van der Waals surface area contributed by atoms with Gasteiger partial charge in [-0.15, -0.1) is 0 Å². The van der Waals surface area contributed by atoms with Crippen LogP contribution in [-0.4, -0.2) is 13.1 Å². The standard InChI is InChI=1S/C13H22N2/c1-5-12(14)11-8-6-7-9-13(11)15(4)10(2)3/h6-10,12H,5,14H2,1-4H3. The highest BCUT2D eigenvalue weighted by Gasteiger charge is 2.13. The van der Waals surface area contributed by atoms with Crippen LogP contribution < -0.4 is 10.6 Å². The first kappa shape index (κ1) is 12.1. The lowest BCUT2D eigenvalue weighted by atomic mass is 10.0. The number of nitrogens with two attached hydrogens (primary N) is 1. The van der Waals surface area contributed by atoms with Crippen LogP contribution >= 0.6 is 0 Å². The summed E-state index contributed by atoms with van der Waals surface area (Å²) in [5.41, 5.74) is 8.60. The number of rotatable bonds is 4. The number of benzene rings is 1. The largest absolute Gasteiger partial charge is 0.372 e. The van der Waals surface area contributed by atoms with E-state index in [0.29, 0.717) is 6.04 Å². The predicted octanol–water partition coefficient (Wildman–Crippen LogP) is 2.94. The van der Waals surface area contributed by atoms with E-state index in [-0.39, 0.29) is 6.04 Å². The smallest absolute Gasteiger partial charge is 0.0414 e. The Morgan fingerprint density at radius 1 is 1.27 bits per heavy atom. The molecule has 1 aromatic rings. The molecule has 2 nitrogen and oxygen atoms in total. The van der Waals surface area contributed by atoms with Crippen molar-refractivity contribution in [2.45, 2.75) is 39.3 Å². The third-order valence-electron chi connectivity index (χ3n) is 2.93. The number of hydrogen-bond acceptors (Lipinski definition) is 2. The molecule has 0 saturated carbocycles. The van der Waals surface area contributed by atoms with Crippen LogP contribution in [0, 0.1) is 0 Å². The van der Waals surface area contributed by atoms with Crippen molar-refractivity contribution in [1.29, 1.82) is 0 Å². The molecule has 0 spiro atoms. The summed E-state index contributed by atoms with van der Waals surface area (Å²) in [6.07, 6.45) is 0.975. The molecule has 0 bridgehead atoms. The van der Waals surface area contributed by atoms with E-state index >= 15 is 0 Å². The normalized spacial score (nSPS) is 12.9. The maximum atomic E-state index is 6.11. The Balaban J connectivity index is 3.06. The topological polar surface area (TPSA) is 29.3 Å². The lowest BCUT2D eigenvalue weighted by molar-refractivity contribution is 0.683. The molecule has 0 radical (unpaired) electrons. The highest BCUT2D eigenvalue weighted by Crippen LogP contribution is 2.26. The molecule has 0 aromatic heterocycles. The number of nitrogens with zero attached hydrogens (tertiary/aromatic N) is 1. The molecule has 0 saturated heterocycles. The van der Waals surface area contributed by atoms with Gasteiger partial charge in [-0.25, -0.2) is 0 Å². The van der Waals surface area contributed by atoms with Crippen LogP contribution in [0.25, 0.3) is 0 Å². The summed E-state index contributed by atoms with van der Waals surface area (Å²) in [4.78, 5) is 2.27. The first-order valence-electron chi connectivity index (χ1n) is 5.65. The Morgan fingerprint density at radius 2 is 1.87 bits per heavy atom. The van der Waals surface area contributed by atoms with Gasteiger partial charge in [0.05, 0.1) is 0 Å². The summed E-state index contributed by atoms with van der Waals surface area (Å²) < 4.78 is 0. The Kier molecular flexibility index (Phi) is 4.15. The SMILES string of the molecule is CCC(N)c1ccccc1N(C)C(C)C. The van der Waals surface area contributed by atoms with Gasteiger partial charge in [-0.2, -0.15) is 0 Å². The zero-order valence-corrected chi connectivity index (χ0v) is 10.2. The predicted molar refractivity (Wildman–Crippen MR) is 67.2 cm³/mol. The number of para-hydroxylation sites is 1. The molecule has 15 heavy (non-hydrogen) atoms. The van der Waals surface area contributed by atoms with Crippen molar-refractivity contribution in [1.82, 2.24) is 0 Å². The molecule has 1 rings (SSSR count). The number of anilines is 1. The molecule has 0 aliphatic rings. The van der Waals surface area contributed by atoms with E-state index in [0.717, 1.165) is 6.42 Å². The first-order valence-corrected chi connectivity index (χ1v) is 5.65. The van der Waals surface area contributed by atoms with Crippen LogP contribution in [0.2, 0.25) is 0 Å². The molecule has 1 unspecified atom stereocenters. The highest BCUT2D eigenvalue weighted by atomic mass is 15.1. The highest BCUT2D eigenvalue weighted by molar-refractivity contribution is 5.54. The average molecular weight is 206 g/mol. The quantitative estimate of drug-likeness (QED) is 0.820. The molecule has 1 aromatic carbocycles. The van der Waals surface area contributed by atoms with E-state index in [1.807, 2.05) is 0 Å². The lowest BCUT2D eigenvalue weighted by Crippen LogP contribution is -2.27. The van der Waals surface area contributed by atoms with Gasteiger partial charge in [0.2, 0.25) is 0 Å². The van der Waals surface area contributed by atoms with Gasteiger partial charge >= 0.3 is 0 Å². The summed E-state index contributed by atoms with van der Waals surface area (Å²) in [7, 11) is 2.12. The van der Waals surface area contributed by atoms with Crippen molar-refractivity contribution < 1.29 is 0 Å². The Labute approximate surface area is 93.1 Å². The Hall–Kier alpha value is -1.02. The maximum Gasteiger partial charge on any atom is 0.0414 e. The second-order valence-electron chi connectivity index (χ2n) is 4.28. The molecule has 2 N–H and O–H groups in total. The minimum atomic E-state index is 0.141. The van der Waals surface area contributed by atoms with Crippen molar-refractivity contribution in [2.24, 2.45) is 5.73 Å². The Morgan fingerprint density at radius 3 is 2.40 bits per heavy atom. The van der Waals surface area contributed by atoms with Crippen LogP contribution in [0.4, 0.5) is 5.69 Å². The molecule has 2 heteroatoms. The van der Waals surface area contributed by atoms with Gasteiger partial charge in [-0.05, 0) is 31.9 Å². The van der Waals surface area contributed by atoms with Gasteiger partial charge in [0.15, 0.2) is 0 Å². The fourth-order valence-corrected chi connectivity index (χ4v) is 1.62. The van der Waals surface area contributed by atoms with Crippen LogP contribution in [-0.2, 0) is 0 Å². The first-order chi connectivity index (χ1) is 7.07. The van der Waals surface area contributed by atoms with Crippen LogP contribution in [0.15, 0.2) is 24.3 Å². The van der Waals surface area contributed by atoms with Crippen molar-refractivity contribution in [3.8, 4) is 0 Å². The molecule has 0 aliphatic heterocycles. The Bertz CT molecular complexity index is 307. The van der Waals surface area contributed by atoms with E-state index in [4.69, 9.17) is 5.73 Å². The summed E-state index contributed by atoms with van der Waals surface area (Å²) in [6, 6.07) is 9.04. The molecule has 0 fully saturated rings. The molecule has 0 aliphatic carbocycles. The van der Waals surface area contributed by atoms with Gasteiger partial charge in [0.25, 0.3) is 0 Å². The summed E-state index contributed by atoms with van der Waals surface area (Å²) in [6.45, 7) is 6.50. The summed E-state index contributed by atoms with van der Waals surface area (Å²) in [5.74, 6) is 0. The van der Waals surface area contributed by atoms with Gasteiger partial charge in [0.1, 0.15) is 0 Å². The van der Waals surface area contributed by atoms with Gasteiger partial charge < -0.3 is 10.6 Å². The van der Waals surface area contributed by atoms with Crippen molar-refractivity contribution >= 4 is 5.69 Å². The lowest BCUT2D eigenvalue weighted by Gasteiger charge is -2.28. The molecular weight excluding hydrogens is 184 g/mol. The van der Waals surface area contributed by atoms with E-state index < -0.39 is 0 Å². The number of hydrogen-bond donors (Lipinski definition) is 1. The van der Waals surface area contributed by atoms with E-state index in [9.17, 15) is 0 Å². The minimum Gasteiger partial charge on any atom is -0.372 e. The van der Waals surface area contributed by atoms with E-state index in [2.05, 4.69) is 57.0 Å².